The lowest BCUT2D eigenvalue weighted by atomic mass is 10.0. The van der Waals surface area contributed by atoms with Crippen LogP contribution in [0, 0.1) is 0 Å². The number of rotatable bonds is 4. The molecule has 1 amide bonds. The Morgan fingerprint density at radius 2 is 1.95 bits per heavy atom. The van der Waals surface area contributed by atoms with Crippen molar-refractivity contribution >= 4 is 11.6 Å². The quantitative estimate of drug-likeness (QED) is 0.725. The first-order valence-electron chi connectivity index (χ1n) is 7.71. The first kappa shape index (κ1) is 15.6. The number of carbonyl (C=O) groups excluding carboxylic acids is 1. The fraction of sp³-hybridized carbons (Fsp3) is 0.421. The van der Waals surface area contributed by atoms with E-state index in [1.807, 2.05) is 4.90 Å². The highest BCUT2D eigenvalue weighted by atomic mass is 16.2. The molecule has 1 aromatic carbocycles. The lowest BCUT2D eigenvalue weighted by molar-refractivity contribution is -0.116. The summed E-state index contributed by atoms with van der Waals surface area (Å²) >= 11 is 0. The van der Waals surface area contributed by atoms with Crippen LogP contribution >= 0.6 is 0 Å². The van der Waals surface area contributed by atoms with Crippen LogP contribution in [0.2, 0.25) is 0 Å². The number of allylic oxidation sites excluding steroid dienone is 3. The molecule has 1 aliphatic heterocycles. The minimum absolute atomic E-state index is 0.205. The first-order chi connectivity index (χ1) is 10.0. The Morgan fingerprint density at radius 3 is 2.52 bits per heavy atom. The summed E-state index contributed by atoms with van der Waals surface area (Å²) in [7, 11) is 0. The number of carbonyl (C=O) groups is 1. The van der Waals surface area contributed by atoms with Crippen LogP contribution in [0.1, 0.15) is 52.0 Å². The molecular weight excluding hydrogens is 258 g/mol. The van der Waals surface area contributed by atoms with Gasteiger partial charge >= 0.3 is 0 Å². The van der Waals surface area contributed by atoms with E-state index in [0.29, 0.717) is 12.3 Å². The predicted molar refractivity (Wildman–Crippen MR) is 89.6 cm³/mol. The standard InChI is InChI=1S/C19H25NO/c1-5-15(4)6-7-16-12-19(21)20(13-16)18-10-8-17(9-11-18)14(2)3/h5,7-11,14H,6,12-13H2,1-4H3/b15-5-,16-7+. The summed E-state index contributed by atoms with van der Waals surface area (Å²) in [4.78, 5) is 14.1. The molecule has 2 nitrogen and oxygen atoms in total. The van der Waals surface area contributed by atoms with E-state index in [1.54, 1.807) is 0 Å². The summed E-state index contributed by atoms with van der Waals surface area (Å²) < 4.78 is 0. The molecule has 1 heterocycles. The van der Waals surface area contributed by atoms with E-state index >= 15 is 0 Å². The average molecular weight is 283 g/mol. The summed E-state index contributed by atoms with van der Waals surface area (Å²) in [6, 6.07) is 8.37. The van der Waals surface area contributed by atoms with Crippen molar-refractivity contribution in [2.24, 2.45) is 0 Å². The van der Waals surface area contributed by atoms with Crippen molar-refractivity contribution < 1.29 is 4.79 Å². The molecule has 1 aliphatic rings. The molecule has 1 fully saturated rings. The Balaban J connectivity index is 2.09. The van der Waals surface area contributed by atoms with Gasteiger partial charge in [0.25, 0.3) is 0 Å². The van der Waals surface area contributed by atoms with Gasteiger partial charge in [-0.2, -0.15) is 0 Å². The van der Waals surface area contributed by atoms with Crippen molar-refractivity contribution in [1.29, 1.82) is 0 Å². The maximum absolute atomic E-state index is 12.2. The van der Waals surface area contributed by atoms with Gasteiger partial charge in [0.1, 0.15) is 0 Å². The molecule has 0 saturated carbocycles. The molecule has 0 aliphatic carbocycles. The molecule has 1 aromatic rings. The normalized spacial score (nSPS) is 18.1. The van der Waals surface area contributed by atoms with Crippen LogP contribution in [0.15, 0.2) is 47.6 Å². The Bertz CT molecular complexity index is 564. The highest BCUT2D eigenvalue weighted by Gasteiger charge is 2.25. The Hall–Kier alpha value is -1.83. The summed E-state index contributed by atoms with van der Waals surface area (Å²) in [5.41, 5.74) is 4.89. The largest absolute Gasteiger partial charge is 0.308 e. The van der Waals surface area contributed by atoms with Crippen LogP contribution < -0.4 is 4.90 Å². The van der Waals surface area contributed by atoms with Gasteiger partial charge < -0.3 is 4.90 Å². The average Bonchev–Trinajstić information content (AvgIpc) is 2.86. The van der Waals surface area contributed by atoms with Gasteiger partial charge in [0.2, 0.25) is 5.91 Å². The van der Waals surface area contributed by atoms with E-state index in [9.17, 15) is 4.79 Å². The van der Waals surface area contributed by atoms with Crippen molar-refractivity contribution in [3.05, 3.63) is 53.1 Å². The molecule has 1 saturated heterocycles. The van der Waals surface area contributed by atoms with Gasteiger partial charge in [-0.3, -0.25) is 4.79 Å². The summed E-state index contributed by atoms with van der Waals surface area (Å²) in [6.07, 6.45) is 5.83. The molecule has 2 heteroatoms. The number of anilines is 1. The second-order valence-corrected chi connectivity index (χ2v) is 6.10. The topological polar surface area (TPSA) is 20.3 Å². The Kier molecular flexibility index (Phi) is 5.00. The summed E-state index contributed by atoms with van der Waals surface area (Å²) in [5.74, 6) is 0.726. The van der Waals surface area contributed by atoms with E-state index in [4.69, 9.17) is 0 Å². The van der Waals surface area contributed by atoms with Gasteiger partial charge in [0.05, 0.1) is 0 Å². The van der Waals surface area contributed by atoms with Crippen LogP contribution in [0.4, 0.5) is 5.69 Å². The van der Waals surface area contributed by atoms with Gasteiger partial charge in [-0.05, 0) is 49.5 Å². The van der Waals surface area contributed by atoms with Crippen molar-refractivity contribution in [1.82, 2.24) is 0 Å². The fourth-order valence-corrected chi connectivity index (χ4v) is 2.47. The van der Waals surface area contributed by atoms with Crippen LogP contribution in [-0.2, 0) is 4.79 Å². The van der Waals surface area contributed by atoms with E-state index in [0.717, 1.165) is 18.7 Å². The van der Waals surface area contributed by atoms with Gasteiger partial charge in [0, 0.05) is 18.7 Å². The fourth-order valence-electron chi connectivity index (χ4n) is 2.47. The zero-order chi connectivity index (χ0) is 15.4. The Labute approximate surface area is 128 Å². The molecule has 0 bridgehead atoms. The number of amides is 1. The smallest absolute Gasteiger partial charge is 0.231 e. The van der Waals surface area contributed by atoms with Crippen LogP contribution in [0.25, 0.3) is 0 Å². The maximum Gasteiger partial charge on any atom is 0.231 e. The molecular formula is C19H25NO. The third-order valence-corrected chi connectivity index (χ3v) is 4.12. The zero-order valence-corrected chi connectivity index (χ0v) is 13.5. The summed E-state index contributed by atoms with van der Waals surface area (Å²) in [6.45, 7) is 9.27. The minimum atomic E-state index is 0.205. The second kappa shape index (κ2) is 6.75. The molecule has 0 atom stereocenters. The van der Waals surface area contributed by atoms with Crippen LogP contribution in [0.5, 0.6) is 0 Å². The van der Waals surface area contributed by atoms with Gasteiger partial charge in [-0.25, -0.2) is 0 Å². The van der Waals surface area contributed by atoms with Crippen molar-refractivity contribution in [3.8, 4) is 0 Å². The van der Waals surface area contributed by atoms with Crippen LogP contribution in [-0.4, -0.2) is 12.5 Å². The monoisotopic (exact) mass is 283 g/mol. The molecule has 2 rings (SSSR count). The number of nitrogens with zero attached hydrogens (tertiary/aromatic N) is 1. The molecule has 112 valence electrons. The second-order valence-electron chi connectivity index (χ2n) is 6.10. The molecule has 0 spiro atoms. The van der Waals surface area contributed by atoms with E-state index in [1.165, 1.54) is 16.7 Å². The molecule has 21 heavy (non-hydrogen) atoms. The highest BCUT2D eigenvalue weighted by Crippen LogP contribution is 2.27. The Morgan fingerprint density at radius 1 is 1.29 bits per heavy atom. The number of hydrogen-bond acceptors (Lipinski definition) is 1. The van der Waals surface area contributed by atoms with E-state index < -0.39 is 0 Å². The van der Waals surface area contributed by atoms with E-state index in [2.05, 4.69) is 64.1 Å². The van der Waals surface area contributed by atoms with E-state index in [-0.39, 0.29) is 5.91 Å². The van der Waals surface area contributed by atoms with Crippen LogP contribution in [0.3, 0.4) is 0 Å². The lowest BCUT2D eigenvalue weighted by Crippen LogP contribution is -2.23. The zero-order valence-electron chi connectivity index (χ0n) is 13.5. The first-order valence-corrected chi connectivity index (χ1v) is 7.71. The lowest BCUT2D eigenvalue weighted by Gasteiger charge is -2.16. The number of benzene rings is 1. The van der Waals surface area contributed by atoms with Crippen molar-refractivity contribution in [2.45, 2.75) is 46.5 Å². The SMILES string of the molecule is C/C=C(/C)C/C=C1\CC(=O)N(c2ccc(C(C)C)cc2)C1. The van der Waals surface area contributed by atoms with Crippen molar-refractivity contribution in [3.63, 3.8) is 0 Å². The molecule has 0 radical (unpaired) electrons. The third-order valence-electron chi connectivity index (χ3n) is 4.12. The summed E-state index contributed by atoms with van der Waals surface area (Å²) in [5, 5.41) is 0. The highest BCUT2D eigenvalue weighted by molar-refractivity contribution is 5.98. The van der Waals surface area contributed by atoms with Gasteiger partial charge in [-0.1, -0.05) is 43.7 Å². The maximum atomic E-state index is 12.2. The van der Waals surface area contributed by atoms with Gasteiger partial charge in [0.15, 0.2) is 0 Å². The molecule has 0 N–H and O–H groups in total. The van der Waals surface area contributed by atoms with Crippen molar-refractivity contribution in [2.75, 3.05) is 11.4 Å². The predicted octanol–water partition coefficient (Wildman–Crippen LogP) is 4.83. The number of hydrogen-bond donors (Lipinski definition) is 0. The molecule has 0 aromatic heterocycles. The molecule has 0 unspecified atom stereocenters. The third kappa shape index (κ3) is 3.84. The minimum Gasteiger partial charge on any atom is -0.308 e. The van der Waals surface area contributed by atoms with Gasteiger partial charge in [-0.15, -0.1) is 0 Å².